The molecule has 130 valence electrons. The molecule has 3 heterocycles. The lowest BCUT2D eigenvalue weighted by atomic mass is 10.2. The number of rotatable bonds is 6. The Hall–Kier alpha value is -2.28. The Balaban J connectivity index is 1.56. The van der Waals surface area contributed by atoms with Crippen LogP contribution in [0.4, 0.5) is 4.79 Å². The molecule has 0 bridgehead atoms. The number of amides is 2. The molecule has 1 fully saturated rings. The van der Waals surface area contributed by atoms with Crippen LogP contribution in [0.5, 0.6) is 0 Å². The third-order valence-corrected chi connectivity index (χ3v) is 4.42. The van der Waals surface area contributed by atoms with Gasteiger partial charge in [-0.05, 0) is 38.1 Å². The number of likely N-dealkylation sites (tertiary alicyclic amines) is 1. The van der Waals surface area contributed by atoms with Crippen LogP contribution in [0.1, 0.15) is 30.2 Å². The maximum atomic E-state index is 12.4. The van der Waals surface area contributed by atoms with Crippen LogP contribution in [0.25, 0.3) is 0 Å². The molecule has 2 amide bonds. The number of carbonyl (C=O) groups excluding carboxylic acids is 1. The lowest BCUT2D eigenvalue weighted by Gasteiger charge is -2.27. The second-order valence-electron chi connectivity index (χ2n) is 6.34. The molecule has 1 N–H and O–H groups in total. The van der Waals surface area contributed by atoms with E-state index in [9.17, 15) is 4.79 Å². The summed E-state index contributed by atoms with van der Waals surface area (Å²) in [4.78, 5) is 16.4. The van der Waals surface area contributed by atoms with Gasteiger partial charge in [0, 0.05) is 32.4 Å². The van der Waals surface area contributed by atoms with E-state index in [0.29, 0.717) is 13.1 Å². The minimum absolute atomic E-state index is 0.0883. The summed E-state index contributed by atoms with van der Waals surface area (Å²) in [5.74, 6) is 0.909. The van der Waals surface area contributed by atoms with E-state index >= 15 is 0 Å². The number of carbonyl (C=O) groups is 1. The zero-order valence-electron chi connectivity index (χ0n) is 14.3. The van der Waals surface area contributed by atoms with Crippen LogP contribution < -0.4 is 5.32 Å². The molecule has 3 rings (SSSR count). The molecule has 1 atom stereocenters. The van der Waals surface area contributed by atoms with E-state index in [4.69, 9.17) is 4.42 Å². The average Bonchev–Trinajstić information content (AvgIpc) is 3.30. The molecule has 0 spiro atoms. The van der Waals surface area contributed by atoms with Gasteiger partial charge in [-0.3, -0.25) is 9.58 Å². The second kappa shape index (κ2) is 7.53. The SMILES string of the molecule is CN(Cc1cnn(C)c1)C(=O)NC[C@H](c1ccco1)N1CCCC1. The molecule has 1 aliphatic rings. The highest BCUT2D eigenvalue weighted by atomic mass is 16.3. The zero-order valence-corrected chi connectivity index (χ0v) is 14.3. The van der Waals surface area contributed by atoms with Crippen molar-refractivity contribution in [1.82, 2.24) is 24.9 Å². The van der Waals surface area contributed by atoms with E-state index in [1.165, 1.54) is 12.8 Å². The molecular weight excluding hydrogens is 306 g/mol. The number of urea groups is 1. The summed E-state index contributed by atoms with van der Waals surface area (Å²) in [6.45, 7) is 3.18. The molecule has 24 heavy (non-hydrogen) atoms. The van der Waals surface area contributed by atoms with E-state index < -0.39 is 0 Å². The van der Waals surface area contributed by atoms with E-state index in [0.717, 1.165) is 24.4 Å². The minimum atomic E-state index is -0.0883. The summed E-state index contributed by atoms with van der Waals surface area (Å²) in [5.41, 5.74) is 1.01. The topological polar surface area (TPSA) is 66.5 Å². The number of furan rings is 1. The molecule has 0 unspecified atom stereocenters. The third-order valence-electron chi connectivity index (χ3n) is 4.42. The lowest BCUT2D eigenvalue weighted by Crippen LogP contribution is -2.42. The predicted octanol–water partition coefficient (Wildman–Crippen LogP) is 1.99. The average molecular weight is 331 g/mol. The van der Waals surface area contributed by atoms with Crippen LogP contribution >= 0.6 is 0 Å². The fraction of sp³-hybridized carbons (Fsp3) is 0.529. The molecule has 1 aliphatic heterocycles. The van der Waals surface area contributed by atoms with E-state index in [2.05, 4.69) is 15.3 Å². The number of aryl methyl sites for hydroxylation is 1. The first-order chi connectivity index (χ1) is 11.6. The molecule has 7 nitrogen and oxygen atoms in total. The minimum Gasteiger partial charge on any atom is -0.468 e. The normalized spacial score (nSPS) is 16.2. The Bertz CT molecular complexity index is 646. The lowest BCUT2D eigenvalue weighted by molar-refractivity contribution is 0.187. The maximum Gasteiger partial charge on any atom is 0.317 e. The van der Waals surface area contributed by atoms with Crippen LogP contribution in [0, 0.1) is 0 Å². The second-order valence-corrected chi connectivity index (χ2v) is 6.34. The summed E-state index contributed by atoms with van der Waals surface area (Å²) in [6, 6.07) is 3.89. The number of hydrogen-bond acceptors (Lipinski definition) is 4. The van der Waals surface area contributed by atoms with Crippen molar-refractivity contribution in [3.05, 3.63) is 42.1 Å². The van der Waals surface area contributed by atoms with Crippen molar-refractivity contribution in [1.29, 1.82) is 0 Å². The Labute approximate surface area is 142 Å². The summed E-state index contributed by atoms with van der Waals surface area (Å²) in [7, 11) is 3.66. The van der Waals surface area contributed by atoms with Gasteiger partial charge in [0.05, 0.1) is 25.0 Å². The largest absolute Gasteiger partial charge is 0.468 e. The van der Waals surface area contributed by atoms with Gasteiger partial charge in [0.25, 0.3) is 0 Å². The van der Waals surface area contributed by atoms with Gasteiger partial charge in [-0.1, -0.05) is 0 Å². The van der Waals surface area contributed by atoms with Crippen molar-refractivity contribution in [2.24, 2.45) is 7.05 Å². The van der Waals surface area contributed by atoms with Crippen molar-refractivity contribution in [2.45, 2.75) is 25.4 Å². The first-order valence-corrected chi connectivity index (χ1v) is 8.37. The Kier molecular flexibility index (Phi) is 5.20. The molecular formula is C17H25N5O2. The van der Waals surface area contributed by atoms with Gasteiger partial charge < -0.3 is 14.6 Å². The Morgan fingerprint density at radius 1 is 1.46 bits per heavy atom. The highest BCUT2D eigenvalue weighted by molar-refractivity contribution is 5.73. The van der Waals surface area contributed by atoms with Gasteiger partial charge in [0.2, 0.25) is 0 Å². The number of aromatic nitrogens is 2. The number of nitrogens with one attached hydrogen (secondary N) is 1. The fourth-order valence-electron chi connectivity index (χ4n) is 3.16. The van der Waals surface area contributed by atoms with Crippen LogP contribution in [-0.2, 0) is 13.6 Å². The van der Waals surface area contributed by atoms with Crippen LogP contribution in [0.15, 0.2) is 35.2 Å². The summed E-state index contributed by atoms with van der Waals surface area (Å²) < 4.78 is 7.32. The highest BCUT2D eigenvalue weighted by Crippen LogP contribution is 2.24. The number of nitrogens with zero attached hydrogens (tertiary/aromatic N) is 4. The van der Waals surface area contributed by atoms with Crippen molar-refractivity contribution in [3.63, 3.8) is 0 Å². The highest BCUT2D eigenvalue weighted by Gasteiger charge is 2.26. The van der Waals surface area contributed by atoms with Gasteiger partial charge in [-0.25, -0.2) is 4.79 Å². The maximum absolute atomic E-state index is 12.4. The van der Waals surface area contributed by atoms with Crippen molar-refractivity contribution in [3.8, 4) is 0 Å². The number of hydrogen-bond donors (Lipinski definition) is 1. The molecule has 0 aromatic carbocycles. The quantitative estimate of drug-likeness (QED) is 0.879. The zero-order chi connectivity index (χ0) is 16.9. The first kappa shape index (κ1) is 16.6. The van der Waals surface area contributed by atoms with Crippen LogP contribution in [0.2, 0.25) is 0 Å². The summed E-state index contributed by atoms with van der Waals surface area (Å²) >= 11 is 0. The van der Waals surface area contributed by atoms with Gasteiger partial charge in [0.1, 0.15) is 5.76 Å². The van der Waals surface area contributed by atoms with Crippen molar-refractivity contribution < 1.29 is 9.21 Å². The monoisotopic (exact) mass is 331 g/mol. The standard InChI is InChI=1S/C17H25N5O2/c1-20(12-14-10-19-21(2)13-14)17(23)18-11-15(16-6-5-9-24-16)22-7-3-4-8-22/h5-6,9-10,13,15H,3-4,7-8,11-12H2,1-2H3,(H,18,23)/t15-/m1/s1. The van der Waals surface area contributed by atoms with Crippen molar-refractivity contribution >= 4 is 6.03 Å². The molecule has 7 heteroatoms. The van der Waals surface area contributed by atoms with E-state index in [1.807, 2.05) is 25.4 Å². The van der Waals surface area contributed by atoms with Crippen molar-refractivity contribution in [2.75, 3.05) is 26.7 Å². The Morgan fingerprint density at radius 2 is 2.25 bits per heavy atom. The fourth-order valence-corrected chi connectivity index (χ4v) is 3.16. The molecule has 1 saturated heterocycles. The Morgan fingerprint density at radius 3 is 2.88 bits per heavy atom. The van der Waals surface area contributed by atoms with E-state index in [1.54, 1.807) is 29.1 Å². The van der Waals surface area contributed by atoms with Crippen LogP contribution in [-0.4, -0.2) is 52.3 Å². The molecule has 2 aromatic heterocycles. The van der Waals surface area contributed by atoms with Crippen LogP contribution in [0.3, 0.4) is 0 Å². The third kappa shape index (κ3) is 3.97. The summed E-state index contributed by atoms with van der Waals surface area (Å²) in [5, 5.41) is 7.16. The molecule has 0 aliphatic carbocycles. The molecule has 0 saturated carbocycles. The summed E-state index contributed by atoms with van der Waals surface area (Å²) in [6.07, 6.45) is 7.78. The van der Waals surface area contributed by atoms with Gasteiger partial charge in [-0.2, -0.15) is 5.10 Å². The predicted molar refractivity (Wildman–Crippen MR) is 90.3 cm³/mol. The smallest absolute Gasteiger partial charge is 0.317 e. The molecule has 2 aromatic rings. The van der Waals surface area contributed by atoms with Gasteiger partial charge in [0.15, 0.2) is 0 Å². The van der Waals surface area contributed by atoms with E-state index in [-0.39, 0.29) is 12.1 Å². The van der Waals surface area contributed by atoms with Gasteiger partial charge in [-0.15, -0.1) is 0 Å². The molecule has 0 radical (unpaired) electrons. The van der Waals surface area contributed by atoms with Gasteiger partial charge >= 0.3 is 6.03 Å². The first-order valence-electron chi connectivity index (χ1n) is 8.37.